The van der Waals surface area contributed by atoms with E-state index in [-0.39, 0.29) is 24.0 Å². The molecular weight excluding hydrogens is 335 g/mol. The van der Waals surface area contributed by atoms with E-state index in [1.54, 1.807) is 0 Å². The molecule has 0 unspecified atom stereocenters. The molecule has 0 aliphatic heterocycles. The Labute approximate surface area is 152 Å². The summed E-state index contributed by atoms with van der Waals surface area (Å²) in [4.78, 5) is 20.7. The van der Waals surface area contributed by atoms with Gasteiger partial charge in [0.25, 0.3) is 0 Å². The normalized spacial score (nSPS) is 19.7. The number of rotatable bonds is 4. The zero-order chi connectivity index (χ0) is 18.5. The molecule has 3 rings (SSSR count). The number of hydrogen-bond acceptors (Lipinski definition) is 4. The Morgan fingerprint density at radius 1 is 1.08 bits per heavy atom. The monoisotopic (exact) mass is 358 g/mol. The first kappa shape index (κ1) is 18.1. The Bertz CT molecular complexity index is 738. The first-order chi connectivity index (χ1) is 12.5. The van der Waals surface area contributed by atoms with E-state index in [0.29, 0.717) is 11.7 Å². The van der Waals surface area contributed by atoms with Crippen molar-refractivity contribution in [1.82, 2.24) is 15.3 Å². The van der Waals surface area contributed by atoms with Gasteiger partial charge in [0.15, 0.2) is 0 Å². The van der Waals surface area contributed by atoms with Gasteiger partial charge in [-0.2, -0.15) is 0 Å². The van der Waals surface area contributed by atoms with Crippen molar-refractivity contribution in [2.75, 3.05) is 5.32 Å². The Morgan fingerprint density at radius 2 is 1.69 bits per heavy atom. The van der Waals surface area contributed by atoms with Gasteiger partial charge in [0.1, 0.15) is 11.9 Å². The molecule has 1 aromatic heterocycles. The van der Waals surface area contributed by atoms with E-state index < -0.39 is 0 Å². The third-order valence-electron chi connectivity index (χ3n) is 4.35. The van der Waals surface area contributed by atoms with Crippen molar-refractivity contribution in [3.05, 3.63) is 47.5 Å². The largest absolute Gasteiger partial charge is 0.460 e. The fourth-order valence-corrected chi connectivity index (χ4v) is 3.11. The lowest BCUT2D eigenvalue weighted by atomic mass is 9.93. The molecule has 6 nitrogen and oxygen atoms in total. The number of halogens is 1. The number of urea groups is 1. The van der Waals surface area contributed by atoms with Crippen molar-refractivity contribution in [3.8, 4) is 6.01 Å². The molecule has 26 heavy (non-hydrogen) atoms. The lowest BCUT2D eigenvalue weighted by molar-refractivity contribution is 0.129. The molecule has 1 aromatic carbocycles. The maximum absolute atomic E-state index is 12.9. The number of carbonyl (C=O) groups is 1. The maximum atomic E-state index is 12.9. The number of benzene rings is 1. The van der Waals surface area contributed by atoms with Crippen LogP contribution in [0.1, 0.15) is 37.1 Å². The minimum atomic E-state index is -0.331. The zero-order valence-corrected chi connectivity index (χ0v) is 15.0. The number of ether oxygens (including phenoxy) is 1. The molecular formula is C19H23FN4O2. The third-order valence-corrected chi connectivity index (χ3v) is 4.35. The van der Waals surface area contributed by atoms with Gasteiger partial charge in [0, 0.05) is 23.1 Å². The van der Waals surface area contributed by atoms with E-state index in [2.05, 4.69) is 20.6 Å². The van der Waals surface area contributed by atoms with Gasteiger partial charge in [-0.1, -0.05) is 0 Å². The minimum absolute atomic E-state index is 0.0643. The minimum Gasteiger partial charge on any atom is -0.460 e. The summed E-state index contributed by atoms with van der Waals surface area (Å²) >= 11 is 0. The van der Waals surface area contributed by atoms with Gasteiger partial charge >= 0.3 is 12.0 Å². The number of carbonyl (C=O) groups excluding carboxylic acids is 1. The SMILES string of the molecule is Cc1cc(C)nc(OC2CCC(NC(=O)Nc3ccc(F)cc3)CC2)n1. The van der Waals surface area contributed by atoms with Crippen molar-refractivity contribution in [3.63, 3.8) is 0 Å². The predicted octanol–water partition coefficient (Wildman–Crippen LogP) is 3.74. The van der Waals surface area contributed by atoms with Crippen molar-refractivity contribution in [1.29, 1.82) is 0 Å². The van der Waals surface area contributed by atoms with Crippen LogP contribution in [-0.4, -0.2) is 28.1 Å². The van der Waals surface area contributed by atoms with Crippen LogP contribution in [-0.2, 0) is 0 Å². The molecule has 0 radical (unpaired) electrons. The van der Waals surface area contributed by atoms with Gasteiger partial charge in [0.05, 0.1) is 0 Å². The summed E-state index contributed by atoms with van der Waals surface area (Å²) in [6, 6.07) is 7.84. The third kappa shape index (κ3) is 5.15. The molecule has 0 atom stereocenters. The quantitative estimate of drug-likeness (QED) is 0.873. The van der Waals surface area contributed by atoms with E-state index in [1.807, 2.05) is 19.9 Å². The summed E-state index contributed by atoms with van der Waals surface area (Å²) in [7, 11) is 0. The van der Waals surface area contributed by atoms with Crippen LogP contribution in [0.5, 0.6) is 6.01 Å². The number of nitrogens with one attached hydrogen (secondary N) is 2. The summed E-state index contributed by atoms with van der Waals surface area (Å²) < 4.78 is 18.8. The van der Waals surface area contributed by atoms with Gasteiger partial charge in [-0.05, 0) is 69.9 Å². The molecule has 2 N–H and O–H groups in total. The van der Waals surface area contributed by atoms with Crippen LogP contribution in [0.4, 0.5) is 14.9 Å². The summed E-state index contributed by atoms with van der Waals surface area (Å²) in [5.74, 6) is -0.331. The van der Waals surface area contributed by atoms with E-state index in [1.165, 1.54) is 24.3 Å². The number of aromatic nitrogens is 2. The molecule has 1 aliphatic carbocycles. The van der Waals surface area contributed by atoms with Crippen LogP contribution < -0.4 is 15.4 Å². The molecule has 0 bridgehead atoms. The molecule has 2 amide bonds. The zero-order valence-electron chi connectivity index (χ0n) is 15.0. The first-order valence-corrected chi connectivity index (χ1v) is 8.80. The summed E-state index contributed by atoms with van der Waals surface area (Å²) in [5, 5.41) is 5.67. The van der Waals surface area contributed by atoms with Crippen molar-refractivity contribution in [2.45, 2.75) is 51.7 Å². The lowest BCUT2D eigenvalue weighted by Crippen LogP contribution is -2.41. The molecule has 1 fully saturated rings. The highest BCUT2D eigenvalue weighted by atomic mass is 19.1. The van der Waals surface area contributed by atoms with Gasteiger partial charge in [-0.3, -0.25) is 0 Å². The van der Waals surface area contributed by atoms with Crippen LogP contribution in [0.3, 0.4) is 0 Å². The Morgan fingerprint density at radius 3 is 2.31 bits per heavy atom. The molecule has 1 saturated carbocycles. The molecule has 1 aliphatic rings. The summed E-state index contributed by atoms with van der Waals surface area (Å²) in [6.45, 7) is 3.84. The molecule has 7 heteroatoms. The first-order valence-electron chi connectivity index (χ1n) is 8.80. The highest BCUT2D eigenvalue weighted by molar-refractivity contribution is 5.89. The van der Waals surface area contributed by atoms with Gasteiger partial charge in [0.2, 0.25) is 0 Å². The standard InChI is InChI=1S/C19H23FN4O2/c1-12-11-13(2)22-19(21-12)26-17-9-7-16(8-10-17)24-18(25)23-15-5-3-14(20)4-6-15/h3-6,11,16-17H,7-10H2,1-2H3,(H2,23,24,25). The topological polar surface area (TPSA) is 76.1 Å². The second kappa shape index (κ2) is 8.12. The maximum Gasteiger partial charge on any atom is 0.319 e. The van der Waals surface area contributed by atoms with Gasteiger partial charge < -0.3 is 15.4 Å². The van der Waals surface area contributed by atoms with Gasteiger partial charge in [-0.15, -0.1) is 0 Å². The highest BCUT2D eigenvalue weighted by Crippen LogP contribution is 2.22. The van der Waals surface area contributed by atoms with Crippen molar-refractivity contribution < 1.29 is 13.9 Å². The van der Waals surface area contributed by atoms with Crippen LogP contribution >= 0.6 is 0 Å². The van der Waals surface area contributed by atoms with Crippen LogP contribution in [0.2, 0.25) is 0 Å². The fraction of sp³-hybridized carbons (Fsp3) is 0.421. The Hall–Kier alpha value is -2.70. The second-order valence-corrected chi connectivity index (χ2v) is 6.63. The second-order valence-electron chi connectivity index (χ2n) is 6.63. The lowest BCUT2D eigenvalue weighted by Gasteiger charge is -2.29. The average molecular weight is 358 g/mol. The predicted molar refractivity (Wildman–Crippen MR) is 96.7 cm³/mol. The summed E-state index contributed by atoms with van der Waals surface area (Å²) in [6.07, 6.45) is 3.38. The summed E-state index contributed by atoms with van der Waals surface area (Å²) in [5.41, 5.74) is 2.34. The van der Waals surface area contributed by atoms with E-state index in [9.17, 15) is 9.18 Å². The number of hydrogen-bond donors (Lipinski definition) is 2. The Balaban J connectivity index is 1.44. The number of amides is 2. The van der Waals surface area contributed by atoms with E-state index >= 15 is 0 Å². The molecule has 1 heterocycles. The molecule has 2 aromatic rings. The Kier molecular flexibility index (Phi) is 5.65. The van der Waals surface area contributed by atoms with Crippen molar-refractivity contribution >= 4 is 11.7 Å². The molecule has 138 valence electrons. The van der Waals surface area contributed by atoms with Crippen LogP contribution in [0, 0.1) is 19.7 Å². The number of nitrogens with zero attached hydrogens (tertiary/aromatic N) is 2. The average Bonchev–Trinajstić information content (AvgIpc) is 2.58. The molecule has 0 spiro atoms. The van der Waals surface area contributed by atoms with Crippen LogP contribution in [0.25, 0.3) is 0 Å². The number of aryl methyl sites for hydroxylation is 2. The fourth-order valence-electron chi connectivity index (χ4n) is 3.11. The van der Waals surface area contributed by atoms with E-state index in [0.717, 1.165) is 37.1 Å². The molecule has 0 saturated heterocycles. The van der Waals surface area contributed by atoms with Crippen LogP contribution in [0.15, 0.2) is 30.3 Å². The highest BCUT2D eigenvalue weighted by Gasteiger charge is 2.24. The number of anilines is 1. The van der Waals surface area contributed by atoms with Crippen molar-refractivity contribution in [2.24, 2.45) is 0 Å². The van der Waals surface area contributed by atoms with Gasteiger partial charge in [-0.25, -0.2) is 19.2 Å². The van der Waals surface area contributed by atoms with E-state index in [4.69, 9.17) is 4.74 Å². The smallest absolute Gasteiger partial charge is 0.319 e.